The molecule has 1 unspecified atom stereocenters. The van der Waals surface area contributed by atoms with Crippen molar-refractivity contribution < 1.29 is 23.1 Å². The molecule has 0 aliphatic heterocycles. The number of halogens is 3. The second kappa shape index (κ2) is 6.70. The number of rotatable bonds is 4. The smallest absolute Gasteiger partial charge is 0.374 e. The van der Waals surface area contributed by atoms with Gasteiger partial charge in [0.05, 0.1) is 16.8 Å². The van der Waals surface area contributed by atoms with Crippen LogP contribution in [-0.4, -0.2) is 17.2 Å². The van der Waals surface area contributed by atoms with Gasteiger partial charge in [0.1, 0.15) is 6.23 Å². The number of anilines is 2. The third-order valence-electron chi connectivity index (χ3n) is 3.00. The monoisotopic (exact) mass is 324 g/mol. The second-order valence-electron chi connectivity index (χ2n) is 4.90. The highest BCUT2D eigenvalue weighted by Gasteiger charge is 2.29. The topological polar surface area (TPSA) is 61.4 Å². The summed E-state index contributed by atoms with van der Waals surface area (Å²) in [4.78, 5) is 12.0. The predicted molar refractivity (Wildman–Crippen MR) is 80.3 cm³/mol. The Labute approximate surface area is 131 Å². The van der Waals surface area contributed by atoms with E-state index in [0.29, 0.717) is 11.4 Å². The van der Waals surface area contributed by atoms with Crippen molar-refractivity contribution in [3.8, 4) is 0 Å². The Morgan fingerprint density at radius 2 is 1.70 bits per heavy atom. The van der Waals surface area contributed by atoms with Gasteiger partial charge < -0.3 is 15.7 Å². The molecule has 0 saturated heterocycles. The zero-order valence-electron chi connectivity index (χ0n) is 12.2. The number of aliphatic hydroxyl groups is 1. The van der Waals surface area contributed by atoms with Crippen LogP contribution in [0, 0.1) is 0 Å². The van der Waals surface area contributed by atoms with Crippen molar-refractivity contribution in [1.82, 2.24) is 5.32 Å². The molecule has 0 spiro atoms. The number of amides is 1. The van der Waals surface area contributed by atoms with Crippen LogP contribution in [0.1, 0.15) is 22.8 Å². The van der Waals surface area contributed by atoms with Crippen molar-refractivity contribution in [2.45, 2.75) is 19.3 Å². The Hall–Kier alpha value is -2.54. The maximum Gasteiger partial charge on any atom is 0.416 e. The standard InChI is InChI=1S/C16H15F3N2O2/c1-10(22)20-15(23)13-4-2-3-5-14(13)21-12-8-6-11(7-9-12)16(17,18)19/h2-10,21-22H,1H3,(H,20,23). The van der Waals surface area contributed by atoms with Crippen LogP contribution >= 0.6 is 0 Å². The molecule has 0 aromatic heterocycles. The zero-order valence-corrected chi connectivity index (χ0v) is 12.2. The fourth-order valence-electron chi connectivity index (χ4n) is 1.96. The van der Waals surface area contributed by atoms with Crippen molar-refractivity contribution in [2.75, 3.05) is 5.32 Å². The number of alkyl halides is 3. The van der Waals surface area contributed by atoms with Gasteiger partial charge in [0, 0.05) is 5.69 Å². The molecule has 1 amide bonds. The first kappa shape index (κ1) is 16.8. The van der Waals surface area contributed by atoms with Gasteiger partial charge in [-0.2, -0.15) is 13.2 Å². The molecule has 23 heavy (non-hydrogen) atoms. The van der Waals surface area contributed by atoms with Gasteiger partial charge >= 0.3 is 6.18 Å². The Bertz CT molecular complexity index is 682. The zero-order chi connectivity index (χ0) is 17.0. The molecule has 1 atom stereocenters. The highest BCUT2D eigenvalue weighted by atomic mass is 19.4. The maximum absolute atomic E-state index is 12.5. The molecule has 3 N–H and O–H groups in total. The minimum absolute atomic E-state index is 0.272. The van der Waals surface area contributed by atoms with Gasteiger partial charge in [-0.25, -0.2) is 0 Å². The molecule has 0 bridgehead atoms. The number of aliphatic hydroxyl groups excluding tert-OH is 1. The molecule has 7 heteroatoms. The lowest BCUT2D eigenvalue weighted by molar-refractivity contribution is -0.137. The Morgan fingerprint density at radius 3 is 2.26 bits per heavy atom. The highest BCUT2D eigenvalue weighted by Crippen LogP contribution is 2.30. The molecule has 0 fully saturated rings. The normalized spacial score (nSPS) is 12.6. The fraction of sp³-hybridized carbons (Fsp3) is 0.188. The van der Waals surface area contributed by atoms with Crippen molar-refractivity contribution in [1.29, 1.82) is 0 Å². The number of carbonyl (C=O) groups excluding carboxylic acids is 1. The van der Waals surface area contributed by atoms with Crippen molar-refractivity contribution >= 4 is 17.3 Å². The van der Waals surface area contributed by atoms with E-state index < -0.39 is 23.9 Å². The summed E-state index contributed by atoms with van der Waals surface area (Å²) in [6.07, 6.45) is -5.41. The molecule has 4 nitrogen and oxygen atoms in total. The van der Waals surface area contributed by atoms with Crippen LogP contribution in [0.2, 0.25) is 0 Å². The SMILES string of the molecule is CC(O)NC(=O)c1ccccc1Nc1ccc(C(F)(F)F)cc1. The van der Waals surface area contributed by atoms with Crippen LogP contribution in [0.15, 0.2) is 48.5 Å². The predicted octanol–water partition coefficient (Wildman–Crippen LogP) is 3.52. The van der Waals surface area contributed by atoms with Gasteiger partial charge in [-0.3, -0.25) is 4.79 Å². The average molecular weight is 324 g/mol. The molecule has 2 rings (SSSR count). The molecular formula is C16H15F3N2O2. The van der Waals surface area contributed by atoms with Crippen LogP contribution in [0.3, 0.4) is 0 Å². The number of para-hydroxylation sites is 1. The van der Waals surface area contributed by atoms with Gasteiger partial charge in [-0.15, -0.1) is 0 Å². The summed E-state index contributed by atoms with van der Waals surface area (Å²) in [6.45, 7) is 1.41. The van der Waals surface area contributed by atoms with Crippen LogP contribution in [0.25, 0.3) is 0 Å². The molecular weight excluding hydrogens is 309 g/mol. The van der Waals surface area contributed by atoms with E-state index in [1.54, 1.807) is 24.3 Å². The van der Waals surface area contributed by atoms with E-state index in [2.05, 4.69) is 10.6 Å². The van der Waals surface area contributed by atoms with E-state index >= 15 is 0 Å². The summed E-state index contributed by atoms with van der Waals surface area (Å²) in [5, 5.41) is 14.5. The maximum atomic E-state index is 12.5. The second-order valence-corrected chi connectivity index (χ2v) is 4.90. The van der Waals surface area contributed by atoms with Crippen molar-refractivity contribution in [3.05, 3.63) is 59.7 Å². The first-order valence-corrected chi connectivity index (χ1v) is 6.79. The fourth-order valence-corrected chi connectivity index (χ4v) is 1.96. The van der Waals surface area contributed by atoms with E-state index in [1.165, 1.54) is 19.1 Å². The largest absolute Gasteiger partial charge is 0.416 e. The Morgan fingerprint density at radius 1 is 1.09 bits per heavy atom. The molecule has 0 aliphatic rings. The minimum Gasteiger partial charge on any atom is -0.374 e. The third-order valence-corrected chi connectivity index (χ3v) is 3.00. The lowest BCUT2D eigenvalue weighted by Crippen LogP contribution is -2.32. The molecule has 0 saturated carbocycles. The molecule has 2 aromatic rings. The van der Waals surface area contributed by atoms with E-state index in [9.17, 15) is 23.1 Å². The quantitative estimate of drug-likeness (QED) is 0.754. The summed E-state index contributed by atoms with van der Waals surface area (Å²) in [5.74, 6) is -0.491. The number of nitrogens with one attached hydrogen (secondary N) is 2. The minimum atomic E-state index is -4.40. The van der Waals surface area contributed by atoms with E-state index in [4.69, 9.17) is 0 Å². The van der Waals surface area contributed by atoms with E-state index in [1.807, 2.05) is 0 Å². The van der Waals surface area contributed by atoms with Crippen LogP contribution in [-0.2, 0) is 6.18 Å². The third kappa shape index (κ3) is 4.46. The van der Waals surface area contributed by atoms with Gasteiger partial charge in [-0.05, 0) is 43.3 Å². The van der Waals surface area contributed by atoms with Gasteiger partial charge in [0.25, 0.3) is 5.91 Å². The highest BCUT2D eigenvalue weighted by molar-refractivity contribution is 6.00. The van der Waals surface area contributed by atoms with E-state index in [0.717, 1.165) is 12.1 Å². The summed E-state index contributed by atoms with van der Waals surface area (Å²) < 4.78 is 37.6. The molecule has 0 heterocycles. The van der Waals surface area contributed by atoms with Gasteiger partial charge in [0.2, 0.25) is 0 Å². The molecule has 122 valence electrons. The summed E-state index contributed by atoms with van der Waals surface area (Å²) in [7, 11) is 0. The van der Waals surface area contributed by atoms with Crippen molar-refractivity contribution in [2.24, 2.45) is 0 Å². The average Bonchev–Trinajstić information content (AvgIpc) is 2.46. The van der Waals surface area contributed by atoms with Crippen molar-refractivity contribution in [3.63, 3.8) is 0 Å². The molecule has 0 radical (unpaired) electrons. The number of hydrogen-bond acceptors (Lipinski definition) is 3. The number of hydrogen-bond donors (Lipinski definition) is 3. The Kier molecular flexibility index (Phi) is 4.90. The Balaban J connectivity index is 2.22. The summed E-state index contributed by atoms with van der Waals surface area (Å²) in [6, 6.07) is 11.0. The summed E-state index contributed by atoms with van der Waals surface area (Å²) >= 11 is 0. The van der Waals surface area contributed by atoms with Crippen LogP contribution < -0.4 is 10.6 Å². The number of benzene rings is 2. The lowest BCUT2D eigenvalue weighted by atomic mass is 10.1. The first-order valence-electron chi connectivity index (χ1n) is 6.79. The van der Waals surface area contributed by atoms with Crippen LogP contribution in [0.4, 0.5) is 24.5 Å². The van der Waals surface area contributed by atoms with Gasteiger partial charge in [0.15, 0.2) is 0 Å². The first-order chi connectivity index (χ1) is 10.8. The number of carbonyl (C=O) groups is 1. The molecule has 2 aromatic carbocycles. The molecule has 0 aliphatic carbocycles. The summed E-state index contributed by atoms with van der Waals surface area (Å²) in [5.41, 5.74) is 0.359. The lowest BCUT2D eigenvalue weighted by Gasteiger charge is -2.14. The van der Waals surface area contributed by atoms with Crippen LogP contribution in [0.5, 0.6) is 0 Å². The van der Waals surface area contributed by atoms with Gasteiger partial charge in [-0.1, -0.05) is 12.1 Å². The van der Waals surface area contributed by atoms with E-state index in [-0.39, 0.29) is 5.56 Å².